The van der Waals surface area contributed by atoms with E-state index in [2.05, 4.69) is 12.1 Å². The highest BCUT2D eigenvalue weighted by molar-refractivity contribution is 6.01. The number of hydrogen-bond donors (Lipinski definition) is 0. The molecule has 0 spiro atoms. The molecule has 158 valence electrons. The van der Waals surface area contributed by atoms with E-state index in [9.17, 15) is 9.59 Å². The standard InChI is InChI=1S/C25H22O6/c1-28-22-12-18(13-23(29-2)24(22)30-3)25(27)31-14-21(26)17-9-8-16-10-15-6-4-5-7-19(15)20(16)11-17/h4-9,11-13H,10,14H2,1-3H3. The van der Waals surface area contributed by atoms with Crippen molar-refractivity contribution in [2.45, 2.75) is 6.42 Å². The molecular weight excluding hydrogens is 396 g/mol. The number of benzene rings is 3. The normalized spacial score (nSPS) is 11.3. The minimum absolute atomic E-state index is 0.199. The van der Waals surface area contributed by atoms with Crippen molar-refractivity contribution in [2.75, 3.05) is 27.9 Å². The van der Waals surface area contributed by atoms with Crippen molar-refractivity contribution in [1.82, 2.24) is 0 Å². The molecule has 6 heteroatoms. The first-order valence-corrected chi connectivity index (χ1v) is 9.77. The molecule has 0 heterocycles. The first kappa shape index (κ1) is 20.5. The van der Waals surface area contributed by atoms with Crippen LogP contribution < -0.4 is 14.2 Å². The molecule has 0 radical (unpaired) electrons. The lowest BCUT2D eigenvalue weighted by atomic mass is 10.0. The SMILES string of the molecule is COc1cc(C(=O)OCC(=O)c2ccc3c(c2)-c2ccccc2C3)cc(OC)c1OC. The molecule has 0 amide bonds. The van der Waals surface area contributed by atoms with E-state index in [1.807, 2.05) is 24.3 Å². The largest absolute Gasteiger partial charge is 0.493 e. The van der Waals surface area contributed by atoms with Crippen LogP contribution in [0.1, 0.15) is 31.8 Å². The second-order valence-corrected chi connectivity index (χ2v) is 7.12. The number of rotatable bonds is 7. The van der Waals surface area contributed by atoms with Crippen LogP contribution in [-0.4, -0.2) is 39.7 Å². The van der Waals surface area contributed by atoms with Gasteiger partial charge in [0.2, 0.25) is 5.75 Å². The van der Waals surface area contributed by atoms with Gasteiger partial charge in [0.15, 0.2) is 23.9 Å². The van der Waals surface area contributed by atoms with Gasteiger partial charge in [-0.05, 0) is 46.9 Å². The fraction of sp³-hybridized carbons (Fsp3) is 0.200. The van der Waals surface area contributed by atoms with Crippen LogP contribution in [0, 0.1) is 0 Å². The molecule has 0 fully saturated rings. The molecule has 0 atom stereocenters. The van der Waals surface area contributed by atoms with Crippen molar-refractivity contribution >= 4 is 11.8 Å². The van der Waals surface area contributed by atoms with Gasteiger partial charge in [-0.15, -0.1) is 0 Å². The number of ether oxygens (including phenoxy) is 4. The number of esters is 1. The van der Waals surface area contributed by atoms with Crippen LogP contribution in [0.5, 0.6) is 17.2 Å². The van der Waals surface area contributed by atoms with Crippen molar-refractivity contribution in [1.29, 1.82) is 0 Å². The maximum atomic E-state index is 12.7. The van der Waals surface area contributed by atoms with Crippen molar-refractivity contribution in [3.63, 3.8) is 0 Å². The van der Waals surface area contributed by atoms with E-state index in [1.165, 1.54) is 44.6 Å². The van der Waals surface area contributed by atoms with Crippen molar-refractivity contribution in [3.8, 4) is 28.4 Å². The number of carbonyl (C=O) groups is 2. The smallest absolute Gasteiger partial charge is 0.338 e. The summed E-state index contributed by atoms with van der Waals surface area (Å²) in [5.74, 6) is 0.109. The first-order valence-electron chi connectivity index (χ1n) is 9.77. The average molecular weight is 418 g/mol. The summed E-state index contributed by atoms with van der Waals surface area (Å²) in [5, 5.41) is 0. The Morgan fingerprint density at radius 3 is 2.13 bits per heavy atom. The zero-order chi connectivity index (χ0) is 22.0. The predicted octanol–water partition coefficient (Wildman–Crippen LogP) is 4.32. The Morgan fingerprint density at radius 1 is 0.774 bits per heavy atom. The lowest BCUT2D eigenvalue weighted by Gasteiger charge is -2.13. The van der Waals surface area contributed by atoms with E-state index in [0.29, 0.717) is 22.8 Å². The predicted molar refractivity (Wildman–Crippen MR) is 115 cm³/mol. The van der Waals surface area contributed by atoms with E-state index in [0.717, 1.165) is 17.5 Å². The third-order valence-corrected chi connectivity index (χ3v) is 5.36. The molecule has 0 unspecified atom stereocenters. The van der Waals surface area contributed by atoms with E-state index in [-0.39, 0.29) is 18.0 Å². The number of fused-ring (bicyclic) bond motifs is 3. The lowest BCUT2D eigenvalue weighted by molar-refractivity contribution is 0.0474. The minimum Gasteiger partial charge on any atom is -0.493 e. The van der Waals surface area contributed by atoms with Crippen LogP contribution in [0.15, 0.2) is 54.6 Å². The molecule has 31 heavy (non-hydrogen) atoms. The molecule has 3 aromatic carbocycles. The van der Waals surface area contributed by atoms with Gasteiger partial charge >= 0.3 is 5.97 Å². The van der Waals surface area contributed by atoms with Gasteiger partial charge in [0.05, 0.1) is 26.9 Å². The van der Waals surface area contributed by atoms with Gasteiger partial charge in [0, 0.05) is 5.56 Å². The van der Waals surface area contributed by atoms with Crippen molar-refractivity contribution in [3.05, 3.63) is 76.9 Å². The van der Waals surface area contributed by atoms with Gasteiger partial charge in [0.25, 0.3) is 0 Å². The van der Waals surface area contributed by atoms with Crippen molar-refractivity contribution < 1.29 is 28.5 Å². The second kappa shape index (κ2) is 8.52. The fourth-order valence-corrected chi connectivity index (χ4v) is 3.79. The van der Waals surface area contributed by atoms with E-state index in [1.54, 1.807) is 6.07 Å². The molecule has 1 aliphatic rings. The van der Waals surface area contributed by atoms with Gasteiger partial charge in [-0.3, -0.25) is 4.79 Å². The highest BCUT2D eigenvalue weighted by Crippen LogP contribution is 2.39. The van der Waals surface area contributed by atoms with Crippen LogP contribution in [0.2, 0.25) is 0 Å². The Labute approximate surface area is 180 Å². The maximum Gasteiger partial charge on any atom is 0.338 e. The van der Waals surface area contributed by atoms with E-state index in [4.69, 9.17) is 18.9 Å². The van der Waals surface area contributed by atoms with Gasteiger partial charge < -0.3 is 18.9 Å². The van der Waals surface area contributed by atoms with Gasteiger partial charge in [-0.1, -0.05) is 36.4 Å². The Hall–Kier alpha value is -3.80. The van der Waals surface area contributed by atoms with Crippen LogP contribution >= 0.6 is 0 Å². The molecule has 4 rings (SSSR count). The summed E-state index contributed by atoms with van der Waals surface area (Å²) in [6, 6.07) is 16.7. The van der Waals surface area contributed by atoms with Crippen LogP contribution in [-0.2, 0) is 11.2 Å². The number of ketones is 1. The Bertz CT molecular complexity index is 1140. The molecule has 0 bridgehead atoms. The summed E-state index contributed by atoms with van der Waals surface area (Å²) in [7, 11) is 4.40. The summed E-state index contributed by atoms with van der Waals surface area (Å²) in [5.41, 5.74) is 5.33. The zero-order valence-corrected chi connectivity index (χ0v) is 17.6. The highest BCUT2D eigenvalue weighted by Gasteiger charge is 2.21. The number of carbonyl (C=O) groups excluding carboxylic acids is 2. The lowest BCUT2D eigenvalue weighted by Crippen LogP contribution is -2.14. The molecule has 6 nitrogen and oxygen atoms in total. The third kappa shape index (κ3) is 3.84. The van der Waals surface area contributed by atoms with Gasteiger partial charge in [-0.2, -0.15) is 0 Å². The molecular formula is C25H22O6. The third-order valence-electron chi connectivity index (χ3n) is 5.36. The highest BCUT2D eigenvalue weighted by atomic mass is 16.5. The van der Waals surface area contributed by atoms with Crippen LogP contribution in [0.3, 0.4) is 0 Å². The van der Waals surface area contributed by atoms with Crippen molar-refractivity contribution in [2.24, 2.45) is 0 Å². The molecule has 0 saturated carbocycles. The van der Waals surface area contributed by atoms with E-state index >= 15 is 0 Å². The quantitative estimate of drug-likeness (QED) is 0.329. The monoisotopic (exact) mass is 418 g/mol. The Balaban J connectivity index is 1.50. The fourth-order valence-electron chi connectivity index (χ4n) is 3.79. The summed E-state index contributed by atoms with van der Waals surface area (Å²) in [4.78, 5) is 25.2. The molecule has 0 N–H and O–H groups in total. The van der Waals surface area contributed by atoms with Crippen LogP contribution in [0.4, 0.5) is 0 Å². The molecule has 1 aliphatic carbocycles. The average Bonchev–Trinajstić information content (AvgIpc) is 3.19. The zero-order valence-electron chi connectivity index (χ0n) is 17.6. The molecule has 0 aliphatic heterocycles. The minimum atomic E-state index is -0.654. The van der Waals surface area contributed by atoms with Crippen LogP contribution in [0.25, 0.3) is 11.1 Å². The number of Topliss-reactive ketones (excluding diaryl/α,β-unsaturated/α-hetero) is 1. The molecule has 0 aromatic heterocycles. The maximum absolute atomic E-state index is 12.7. The topological polar surface area (TPSA) is 71.1 Å². The molecule has 3 aromatic rings. The summed E-state index contributed by atoms with van der Waals surface area (Å²) in [6.07, 6.45) is 0.857. The Kier molecular flexibility index (Phi) is 5.62. The first-order chi connectivity index (χ1) is 15.0. The Morgan fingerprint density at radius 2 is 1.45 bits per heavy atom. The molecule has 0 saturated heterocycles. The van der Waals surface area contributed by atoms with Gasteiger partial charge in [0.1, 0.15) is 0 Å². The van der Waals surface area contributed by atoms with Gasteiger partial charge in [-0.25, -0.2) is 4.79 Å². The number of methoxy groups -OCH3 is 3. The number of hydrogen-bond acceptors (Lipinski definition) is 6. The summed E-state index contributed by atoms with van der Waals surface area (Å²) < 4.78 is 21.0. The van der Waals surface area contributed by atoms with E-state index < -0.39 is 5.97 Å². The summed E-state index contributed by atoms with van der Waals surface area (Å²) in [6.45, 7) is -0.365. The summed E-state index contributed by atoms with van der Waals surface area (Å²) >= 11 is 0. The second-order valence-electron chi connectivity index (χ2n) is 7.12.